The number of imidazole rings is 2. The Bertz CT molecular complexity index is 1310. The predicted molar refractivity (Wildman–Crippen MR) is 126 cm³/mol. The molecule has 5 heteroatoms. The number of fused-ring (bicyclic) bond motifs is 1. The maximum absolute atomic E-state index is 6.13. The van der Waals surface area contributed by atoms with Gasteiger partial charge in [0, 0.05) is 36.0 Å². The minimum absolute atomic E-state index is 0.596. The van der Waals surface area contributed by atoms with Gasteiger partial charge in [0.05, 0.1) is 23.7 Å². The smallest absolute Gasteiger partial charge is 0.215 e. The van der Waals surface area contributed by atoms with Crippen LogP contribution in [0.5, 0.6) is 0 Å². The normalized spacial score (nSPS) is 11.3. The number of methoxy groups -OCH3 is 1. The number of nitrogens with zero attached hydrogens (tertiary/aromatic N) is 3. The van der Waals surface area contributed by atoms with Crippen molar-refractivity contribution in [2.75, 3.05) is 13.7 Å². The van der Waals surface area contributed by atoms with Crippen molar-refractivity contribution in [2.24, 2.45) is 0 Å². The van der Waals surface area contributed by atoms with Crippen molar-refractivity contribution in [1.82, 2.24) is 14.0 Å². The zero-order valence-electron chi connectivity index (χ0n) is 17.2. The number of hydrogen-bond donors (Lipinski definition) is 0. The molecule has 0 aliphatic heterocycles. The second kappa shape index (κ2) is 8.42. The monoisotopic (exact) mass is 427 g/mol. The van der Waals surface area contributed by atoms with E-state index in [0.717, 1.165) is 44.6 Å². The molecule has 0 amide bonds. The van der Waals surface area contributed by atoms with Gasteiger partial charge in [0.1, 0.15) is 0 Å². The van der Waals surface area contributed by atoms with E-state index in [2.05, 4.69) is 51.6 Å². The molecule has 0 N–H and O–H groups in total. The largest absolute Gasteiger partial charge is 0.383 e. The van der Waals surface area contributed by atoms with Crippen molar-refractivity contribution in [3.8, 4) is 33.8 Å². The van der Waals surface area contributed by atoms with Gasteiger partial charge in [-0.15, -0.1) is 0 Å². The Morgan fingerprint density at radius 2 is 1.45 bits per heavy atom. The molecule has 0 saturated heterocycles. The zero-order valence-corrected chi connectivity index (χ0v) is 18.0. The minimum Gasteiger partial charge on any atom is -0.383 e. The van der Waals surface area contributed by atoms with Gasteiger partial charge in [-0.25, -0.2) is 4.98 Å². The molecule has 5 aromatic rings. The van der Waals surface area contributed by atoms with Gasteiger partial charge in [-0.2, -0.15) is 0 Å². The molecule has 0 aliphatic rings. The third-order valence-electron chi connectivity index (χ3n) is 5.43. The number of benzene rings is 3. The molecular weight excluding hydrogens is 406 g/mol. The summed E-state index contributed by atoms with van der Waals surface area (Å²) in [7, 11) is 1.72. The fourth-order valence-corrected chi connectivity index (χ4v) is 4.08. The molecule has 2 aromatic heterocycles. The first-order chi connectivity index (χ1) is 15.3. The SMILES string of the molecule is COCCn1c(-c2ccc(Cl)cc2)cn2c(-c3ccccc3)c(-c3ccccc3)nc12. The minimum atomic E-state index is 0.596. The highest BCUT2D eigenvalue weighted by molar-refractivity contribution is 6.30. The average Bonchev–Trinajstić information content (AvgIpc) is 3.36. The first-order valence-corrected chi connectivity index (χ1v) is 10.6. The lowest BCUT2D eigenvalue weighted by Gasteiger charge is -2.09. The van der Waals surface area contributed by atoms with E-state index in [9.17, 15) is 0 Å². The van der Waals surface area contributed by atoms with Crippen LogP contribution in [0.1, 0.15) is 0 Å². The molecule has 4 nitrogen and oxygen atoms in total. The van der Waals surface area contributed by atoms with Crippen molar-refractivity contribution in [3.63, 3.8) is 0 Å². The van der Waals surface area contributed by atoms with Crippen LogP contribution in [0.2, 0.25) is 5.02 Å². The van der Waals surface area contributed by atoms with E-state index < -0.39 is 0 Å². The van der Waals surface area contributed by atoms with Gasteiger partial charge in [-0.1, -0.05) is 84.4 Å². The van der Waals surface area contributed by atoms with Gasteiger partial charge < -0.3 is 9.30 Å². The maximum Gasteiger partial charge on any atom is 0.215 e. The van der Waals surface area contributed by atoms with Gasteiger partial charge in [0.15, 0.2) is 0 Å². The van der Waals surface area contributed by atoms with Crippen molar-refractivity contribution >= 4 is 17.4 Å². The highest BCUT2D eigenvalue weighted by Gasteiger charge is 2.21. The van der Waals surface area contributed by atoms with Crippen molar-refractivity contribution in [2.45, 2.75) is 6.54 Å². The van der Waals surface area contributed by atoms with Crippen LogP contribution in [0.3, 0.4) is 0 Å². The lowest BCUT2D eigenvalue weighted by molar-refractivity contribution is 0.188. The zero-order chi connectivity index (χ0) is 21.2. The van der Waals surface area contributed by atoms with Gasteiger partial charge in [0.2, 0.25) is 5.78 Å². The van der Waals surface area contributed by atoms with Crippen LogP contribution in [0, 0.1) is 0 Å². The first kappa shape index (κ1) is 19.6. The lowest BCUT2D eigenvalue weighted by Crippen LogP contribution is -2.06. The molecule has 154 valence electrons. The van der Waals surface area contributed by atoms with E-state index in [-0.39, 0.29) is 0 Å². The molecule has 0 spiro atoms. The summed E-state index contributed by atoms with van der Waals surface area (Å²) in [6.45, 7) is 1.30. The molecule has 5 rings (SSSR count). The molecule has 0 atom stereocenters. The van der Waals surface area contributed by atoms with Gasteiger partial charge in [0.25, 0.3) is 0 Å². The first-order valence-electron chi connectivity index (χ1n) is 10.2. The summed E-state index contributed by atoms with van der Waals surface area (Å²) in [5.41, 5.74) is 6.43. The van der Waals surface area contributed by atoms with E-state index in [1.807, 2.05) is 48.5 Å². The molecule has 3 aromatic carbocycles. The Morgan fingerprint density at radius 3 is 2.10 bits per heavy atom. The van der Waals surface area contributed by atoms with Crippen LogP contribution < -0.4 is 0 Å². The Labute approximate surface area is 186 Å². The summed E-state index contributed by atoms with van der Waals surface area (Å²) in [5.74, 6) is 0.889. The molecule has 2 heterocycles. The molecule has 0 aliphatic carbocycles. The summed E-state index contributed by atoms with van der Waals surface area (Å²) in [6.07, 6.45) is 2.16. The van der Waals surface area contributed by atoms with E-state index in [1.54, 1.807) is 7.11 Å². The number of rotatable bonds is 6. The summed E-state index contributed by atoms with van der Waals surface area (Å²) in [5, 5.41) is 0.722. The molecule has 31 heavy (non-hydrogen) atoms. The number of aromatic nitrogens is 3. The quantitative estimate of drug-likeness (QED) is 0.312. The summed E-state index contributed by atoms with van der Waals surface area (Å²) < 4.78 is 9.81. The lowest BCUT2D eigenvalue weighted by atomic mass is 10.0. The maximum atomic E-state index is 6.13. The Hall–Kier alpha value is -3.34. The predicted octanol–water partition coefficient (Wildman–Crippen LogP) is 6.44. The third kappa shape index (κ3) is 3.65. The van der Waals surface area contributed by atoms with E-state index in [1.165, 1.54) is 0 Å². The molecular formula is C26H22ClN3O. The van der Waals surface area contributed by atoms with Gasteiger partial charge in [-0.3, -0.25) is 4.40 Å². The van der Waals surface area contributed by atoms with Gasteiger partial charge >= 0.3 is 0 Å². The van der Waals surface area contributed by atoms with Crippen LogP contribution in [0.4, 0.5) is 0 Å². The Kier molecular flexibility index (Phi) is 5.33. The van der Waals surface area contributed by atoms with Crippen molar-refractivity contribution in [3.05, 3.63) is 96.1 Å². The van der Waals surface area contributed by atoms with Crippen LogP contribution >= 0.6 is 11.6 Å². The molecule has 0 radical (unpaired) electrons. The highest BCUT2D eigenvalue weighted by atomic mass is 35.5. The van der Waals surface area contributed by atoms with Gasteiger partial charge in [-0.05, 0) is 17.7 Å². The molecule has 0 bridgehead atoms. The fourth-order valence-electron chi connectivity index (χ4n) is 3.96. The number of hydrogen-bond acceptors (Lipinski definition) is 2. The standard InChI is InChI=1S/C26H22ClN3O/c1-31-17-16-29-23(19-12-14-22(27)15-13-19)18-30-25(21-10-6-3-7-11-21)24(28-26(29)30)20-8-4-2-5-9-20/h2-15,18H,16-17H2,1H3. The van der Waals surface area contributed by atoms with E-state index in [0.29, 0.717) is 13.2 Å². The second-order valence-electron chi connectivity index (χ2n) is 7.38. The average molecular weight is 428 g/mol. The molecule has 0 saturated carbocycles. The van der Waals surface area contributed by atoms with Crippen LogP contribution in [0.15, 0.2) is 91.1 Å². The van der Waals surface area contributed by atoms with E-state index >= 15 is 0 Å². The van der Waals surface area contributed by atoms with Crippen molar-refractivity contribution < 1.29 is 4.74 Å². The Balaban J connectivity index is 1.80. The van der Waals surface area contributed by atoms with Crippen LogP contribution in [0.25, 0.3) is 39.5 Å². The fraction of sp³-hybridized carbons (Fsp3) is 0.115. The number of ether oxygens (including phenoxy) is 1. The van der Waals surface area contributed by atoms with E-state index in [4.69, 9.17) is 21.3 Å². The summed E-state index contributed by atoms with van der Waals surface area (Å²) in [4.78, 5) is 5.12. The Morgan fingerprint density at radius 1 is 0.806 bits per heavy atom. The second-order valence-corrected chi connectivity index (χ2v) is 7.81. The molecule has 0 unspecified atom stereocenters. The van der Waals surface area contributed by atoms with Crippen LogP contribution in [-0.2, 0) is 11.3 Å². The summed E-state index contributed by atoms with van der Waals surface area (Å²) >= 11 is 6.13. The highest BCUT2D eigenvalue weighted by Crippen LogP contribution is 2.35. The number of halogens is 1. The van der Waals surface area contributed by atoms with Crippen LogP contribution in [-0.4, -0.2) is 27.7 Å². The summed E-state index contributed by atoms with van der Waals surface area (Å²) in [6, 6.07) is 28.7. The molecule has 0 fully saturated rings. The van der Waals surface area contributed by atoms with Crippen molar-refractivity contribution in [1.29, 1.82) is 0 Å². The third-order valence-corrected chi connectivity index (χ3v) is 5.68. The topological polar surface area (TPSA) is 31.5 Å².